The van der Waals surface area contributed by atoms with E-state index in [1.165, 1.54) is 0 Å². The fourth-order valence-corrected chi connectivity index (χ4v) is 2.91. The molecule has 120 valence electrons. The zero-order valence-corrected chi connectivity index (χ0v) is 13.7. The molecule has 0 aliphatic carbocycles. The standard InChI is InChI=1S/C15H20N2O4S/c1-20-12-9-14(22(3)19)13(21-2)8-10(12)4-5-11-6-7-15(18)17-16-11/h4-5,8-9,11,16H,6-7H2,1-3H3,(H,17,18)/b5-4+. The molecule has 1 fully saturated rings. The van der Waals surface area contributed by atoms with Crippen molar-refractivity contribution in [2.45, 2.75) is 23.8 Å². The summed E-state index contributed by atoms with van der Waals surface area (Å²) < 4.78 is 22.4. The average molecular weight is 324 g/mol. The van der Waals surface area contributed by atoms with Crippen LogP contribution in [0.3, 0.4) is 0 Å². The van der Waals surface area contributed by atoms with Crippen LogP contribution in [-0.2, 0) is 15.6 Å². The molecule has 0 spiro atoms. The van der Waals surface area contributed by atoms with Crippen LogP contribution in [0.25, 0.3) is 6.08 Å². The number of benzene rings is 1. The van der Waals surface area contributed by atoms with E-state index < -0.39 is 10.8 Å². The number of hydrogen-bond donors (Lipinski definition) is 2. The van der Waals surface area contributed by atoms with Gasteiger partial charge in [0.25, 0.3) is 0 Å². The highest BCUT2D eigenvalue weighted by Gasteiger charge is 2.16. The van der Waals surface area contributed by atoms with Gasteiger partial charge in [-0.3, -0.25) is 14.4 Å². The van der Waals surface area contributed by atoms with Crippen molar-refractivity contribution < 1.29 is 18.5 Å². The number of hydrogen-bond acceptors (Lipinski definition) is 5. The molecule has 1 aliphatic rings. The van der Waals surface area contributed by atoms with Crippen molar-refractivity contribution in [2.24, 2.45) is 0 Å². The van der Waals surface area contributed by atoms with Gasteiger partial charge in [-0.15, -0.1) is 0 Å². The lowest BCUT2D eigenvalue weighted by Gasteiger charge is -2.21. The number of carbonyl (C=O) groups is 1. The number of nitrogens with one attached hydrogen (secondary N) is 2. The molecule has 1 saturated heterocycles. The molecule has 0 radical (unpaired) electrons. The Kier molecular flexibility index (Phi) is 5.57. The second kappa shape index (κ2) is 7.42. The van der Waals surface area contributed by atoms with Crippen molar-refractivity contribution in [2.75, 3.05) is 20.5 Å². The van der Waals surface area contributed by atoms with Gasteiger partial charge in [0.05, 0.1) is 29.9 Å². The predicted molar refractivity (Wildman–Crippen MR) is 85.2 cm³/mol. The van der Waals surface area contributed by atoms with Crippen molar-refractivity contribution in [3.63, 3.8) is 0 Å². The van der Waals surface area contributed by atoms with Gasteiger partial charge in [0.1, 0.15) is 11.5 Å². The molecule has 1 aliphatic heterocycles. The van der Waals surface area contributed by atoms with Crippen molar-refractivity contribution in [1.82, 2.24) is 10.9 Å². The normalized spacial score (nSPS) is 19.8. The topological polar surface area (TPSA) is 76.7 Å². The molecule has 1 aromatic carbocycles. The van der Waals surface area contributed by atoms with Crippen molar-refractivity contribution in [3.8, 4) is 11.5 Å². The molecule has 1 aromatic rings. The number of carbonyl (C=O) groups excluding carboxylic acids is 1. The first-order valence-electron chi connectivity index (χ1n) is 6.87. The van der Waals surface area contributed by atoms with Crippen LogP contribution in [0.4, 0.5) is 0 Å². The highest BCUT2D eigenvalue weighted by atomic mass is 32.2. The average Bonchev–Trinajstić information content (AvgIpc) is 2.53. The van der Waals surface area contributed by atoms with Gasteiger partial charge >= 0.3 is 0 Å². The molecule has 2 rings (SSSR count). The minimum Gasteiger partial charge on any atom is -0.496 e. The van der Waals surface area contributed by atoms with E-state index in [0.717, 1.165) is 12.0 Å². The summed E-state index contributed by atoms with van der Waals surface area (Å²) in [5.74, 6) is 1.19. The van der Waals surface area contributed by atoms with Gasteiger partial charge in [0.15, 0.2) is 0 Å². The van der Waals surface area contributed by atoms with E-state index in [2.05, 4.69) is 10.9 Å². The van der Waals surface area contributed by atoms with Gasteiger partial charge in [-0.05, 0) is 12.5 Å². The van der Waals surface area contributed by atoms with Crippen LogP contribution in [0.15, 0.2) is 23.1 Å². The van der Waals surface area contributed by atoms with Gasteiger partial charge in [0, 0.05) is 30.3 Å². The lowest BCUT2D eigenvalue weighted by atomic mass is 10.1. The highest BCUT2D eigenvalue weighted by molar-refractivity contribution is 7.84. The second-order valence-electron chi connectivity index (χ2n) is 4.90. The van der Waals surface area contributed by atoms with E-state index in [-0.39, 0.29) is 11.9 Å². The van der Waals surface area contributed by atoms with E-state index >= 15 is 0 Å². The van der Waals surface area contributed by atoms with Gasteiger partial charge in [-0.1, -0.05) is 12.2 Å². The summed E-state index contributed by atoms with van der Waals surface area (Å²) in [4.78, 5) is 11.7. The smallest absolute Gasteiger partial charge is 0.234 e. The van der Waals surface area contributed by atoms with Crippen LogP contribution in [0, 0.1) is 0 Å². The third-order valence-corrected chi connectivity index (χ3v) is 4.35. The maximum Gasteiger partial charge on any atom is 0.234 e. The van der Waals surface area contributed by atoms with Crippen LogP contribution in [0.5, 0.6) is 11.5 Å². The Balaban J connectivity index is 2.26. The van der Waals surface area contributed by atoms with Gasteiger partial charge < -0.3 is 9.47 Å². The third-order valence-electron chi connectivity index (χ3n) is 3.41. The monoisotopic (exact) mass is 324 g/mol. The fourth-order valence-electron chi connectivity index (χ4n) is 2.21. The van der Waals surface area contributed by atoms with E-state index in [1.54, 1.807) is 32.6 Å². The summed E-state index contributed by atoms with van der Waals surface area (Å²) in [5.41, 5.74) is 6.36. The first-order chi connectivity index (χ1) is 10.5. The minimum atomic E-state index is -1.16. The molecular weight excluding hydrogens is 304 g/mol. The summed E-state index contributed by atoms with van der Waals surface area (Å²) in [6, 6.07) is 3.59. The van der Waals surface area contributed by atoms with Crippen molar-refractivity contribution >= 4 is 22.8 Å². The van der Waals surface area contributed by atoms with Crippen LogP contribution in [0.1, 0.15) is 18.4 Å². The Labute approximate surface area is 132 Å². The van der Waals surface area contributed by atoms with Crippen LogP contribution in [0.2, 0.25) is 0 Å². The highest BCUT2D eigenvalue weighted by Crippen LogP contribution is 2.31. The van der Waals surface area contributed by atoms with Crippen molar-refractivity contribution in [3.05, 3.63) is 23.8 Å². The number of methoxy groups -OCH3 is 2. The Bertz CT molecular complexity index is 606. The van der Waals surface area contributed by atoms with E-state index in [4.69, 9.17) is 9.47 Å². The largest absolute Gasteiger partial charge is 0.496 e. The first-order valence-corrected chi connectivity index (χ1v) is 8.43. The van der Waals surface area contributed by atoms with Gasteiger partial charge in [-0.25, -0.2) is 5.43 Å². The van der Waals surface area contributed by atoms with Crippen LogP contribution in [-0.4, -0.2) is 36.6 Å². The second-order valence-corrected chi connectivity index (χ2v) is 6.24. The first kappa shape index (κ1) is 16.5. The molecule has 2 atom stereocenters. The summed E-state index contributed by atoms with van der Waals surface area (Å²) >= 11 is 0. The Morgan fingerprint density at radius 3 is 2.55 bits per heavy atom. The number of amides is 1. The fraction of sp³-hybridized carbons (Fsp3) is 0.400. The molecule has 6 nitrogen and oxygen atoms in total. The Hall–Kier alpha value is -1.86. The molecule has 22 heavy (non-hydrogen) atoms. The van der Waals surface area contributed by atoms with Crippen molar-refractivity contribution in [1.29, 1.82) is 0 Å². The van der Waals surface area contributed by atoms with E-state index in [0.29, 0.717) is 22.8 Å². The summed E-state index contributed by atoms with van der Waals surface area (Å²) in [6.45, 7) is 0. The van der Waals surface area contributed by atoms with E-state index in [1.807, 2.05) is 12.2 Å². The summed E-state index contributed by atoms with van der Waals surface area (Å²) in [6.07, 6.45) is 6.69. The summed E-state index contributed by atoms with van der Waals surface area (Å²) in [5, 5.41) is 0. The zero-order valence-electron chi connectivity index (χ0n) is 12.8. The maximum atomic E-state index is 11.7. The quantitative estimate of drug-likeness (QED) is 0.852. The Morgan fingerprint density at radius 2 is 2.00 bits per heavy atom. The molecule has 0 aromatic heterocycles. The molecular formula is C15H20N2O4S. The lowest BCUT2D eigenvalue weighted by molar-refractivity contribution is -0.123. The Morgan fingerprint density at radius 1 is 1.27 bits per heavy atom. The number of rotatable bonds is 5. The lowest BCUT2D eigenvalue weighted by Crippen LogP contribution is -2.48. The SMILES string of the molecule is COc1cc(S(C)=O)c(OC)cc1/C=C/C1CCC(=O)NN1. The molecule has 1 heterocycles. The summed E-state index contributed by atoms with van der Waals surface area (Å²) in [7, 11) is 1.95. The maximum absolute atomic E-state index is 11.7. The van der Waals surface area contributed by atoms with E-state index in [9.17, 15) is 9.00 Å². The van der Waals surface area contributed by atoms with Crippen LogP contribution >= 0.6 is 0 Å². The number of ether oxygens (including phenoxy) is 2. The van der Waals surface area contributed by atoms with Gasteiger partial charge in [-0.2, -0.15) is 0 Å². The molecule has 2 N–H and O–H groups in total. The molecule has 1 amide bonds. The molecule has 2 unspecified atom stereocenters. The number of hydrazine groups is 1. The van der Waals surface area contributed by atoms with Crippen LogP contribution < -0.4 is 20.3 Å². The van der Waals surface area contributed by atoms with Gasteiger partial charge in [0.2, 0.25) is 5.91 Å². The molecule has 7 heteroatoms. The molecule has 0 bridgehead atoms. The zero-order chi connectivity index (χ0) is 16.1. The molecule has 0 saturated carbocycles. The minimum absolute atomic E-state index is 0.00122. The predicted octanol–water partition coefficient (Wildman–Crippen LogP) is 1.24. The third kappa shape index (κ3) is 3.86.